The molecular formula is C18H20N2O2S. The first-order chi connectivity index (χ1) is 11.0. The van der Waals surface area contributed by atoms with Gasteiger partial charge in [0.2, 0.25) is 0 Å². The summed E-state index contributed by atoms with van der Waals surface area (Å²) in [4.78, 5) is 15.1. The summed E-state index contributed by atoms with van der Waals surface area (Å²) in [5.41, 5.74) is 1.79. The van der Waals surface area contributed by atoms with Crippen LogP contribution in [0.15, 0.2) is 70.6 Å². The van der Waals surface area contributed by atoms with Gasteiger partial charge in [-0.25, -0.2) is 4.21 Å². The van der Waals surface area contributed by atoms with Crippen molar-refractivity contribution < 1.29 is 9.00 Å². The number of hydrogen-bond acceptors (Lipinski definition) is 3. The average Bonchev–Trinajstić information content (AvgIpc) is 2.54. The molecule has 0 aliphatic carbocycles. The molecule has 5 heteroatoms. The molecule has 1 unspecified atom stereocenters. The number of carbonyl (C=O) groups is 1. The van der Waals surface area contributed by atoms with Gasteiger partial charge in [0, 0.05) is 30.9 Å². The van der Waals surface area contributed by atoms with E-state index in [4.69, 9.17) is 0 Å². The lowest BCUT2D eigenvalue weighted by Crippen LogP contribution is -2.20. The van der Waals surface area contributed by atoms with E-state index in [-0.39, 0.29) is 10.8 Å². The maximum atomic E-state index is 12.7. The van der Waals surface area contributed by atoms with E-state index in [0.29, 0.717) is 10.6 Å². The van der Waals surface area contributed by atoms with Crippen LogP contribution in [0, 0.1) is 6.92 Å². The van der Waals surface area contributed by atoms with Crippen LogP contribution in [-0.2, 0) is 15.6 Å². The molecule has 0 radical (unpaired) electrons. The smallest absolute Gasteiger partial charge is 0.266 e. The van der Waals surface area contributed by atoms with Crippen LogP contribution in [0.5, 0.6) is 0 Å². The van der Waals surface area contributed by atoms with Crippen LogP contribution in [0.1, 0.15) is 5.56 Å². The van der Waals surface area contributed by atoms with Crippen LogP contribution in [0.2, 0.25) is 0 Å². The number of aryl methyl sites for hydroxylation is 1. The molecule has 0 heterocycles. The highest BCUT2D eigenvalue weighted by atomic mass is 32.2. The van der Waals surface area contributed by atoms with Crippen molar-refractivity contribution >= 4 is 22.4 Å². The molecule has 23 heavy (non-hydrogen) atoms. The van der Waals surface area contributed by atoms with Gasteiger partial charge in [0.1, 0.15) is 4.91 Å². The number of anilines is 1. The maximum Gasteiger partial charge on any atom is 0.266 e. The van der Waals surface area contributed by atoms with Gasteiger partial charge in [-0.1, -0.05) is 35.9 Å². The minimum Gasteiger partial charge on any atom is -0.382 e. The molecule has 2 aromatic carbocycles. The summed E-state index contributed by atoms with van der Waals surface area (Å²) < 4.78 is 12.7. The second-order valence-corrected chi connectivity index (χ2v) is 6.81. The zero-order valence-electron chi connectivity index (χ0n) is 13.4. The van der Waals surface area contributed by atoms with E-state index in [9.17, 15) is 9.00 Å². The fraction of sp³-hybridized carbons (Fsp3) is 0.167. The number of benzene rings is 2. The van der Waals surface area contributed by atoms with Crippen molar-refractivity contribution in [1.82, 2.24) is 4.90 Å². The van der Waals surface area contributed by atoms with Gasteiger partial charge in [0.05, 0.1) is 10.8 Å². The highest BCUT2D eigenvalue weighted by Crippen LogP contribution is 2.17. The lowest BCUT2D eigenvalue weighted by molar-refractivity contribution is -0.112. The summed E-state index contributed by atoms with van der Waals surface area (Å²) in [5, 5.41) is 2.80. The van der Waals surface area contributed by atoms with Crippen LogP contribution in [0.25, 0.3) is 0 Å². The molecule has 2 rings (SSSR count). The first kappa shape index (κ1) is 17.0. The predicted molar refractivity (Wildman–Crippen MR) is 94.4 cm³/mol. The molecule has 2 aromatic rings. The average molecular weight is 328 g/mol. The summed E-state index contributed by atoms with van der Waals surface area (Å²) in [6, 6.07) is 16.4. The summed E-state index contributed by atoms with van der Waals surface area (Å²) >= 11 is 0. The van der Waals surface area contributed by atoms with Gasteiger partial charge < -0.3 is 10.2 Å². The van der Waals surface area contributed by atoms with E-state index in [1.807, 2.05) is 37.3 Å². The van der Waals surface area contributed by atoms with E-state index in [2.05, 4.69) is 5.32 Å². The molecule has 0 fully saturated rings. The third-order valence-electron chi connectivity index (χ3n) is 3.07. The zero-order valence-corrected chi connectivity index (χ0v) is 14.3. The summed E-state index contributed by atoms with van der Waals surface area (Å²) in [6.07, 6.45) is 1.59. The van der Waals surface area contributed by atoms with Crippen LogP contribution in [0.4, 0.5) is 5.69 Å². The molecule has 0 aliphatic heterocycles. The van der Waals surface area contributed by atoms with Crippen molar-refractivity contribution in [3.05, 3.63) is 71.3 Å². The molecule has 0 saturated carbocycles. The van der Waals surface area contributed by atoms with Gasteiger partial charge in [-0.05, 0) is 31.2 Å². The second kappa shape index (κ2) is 7.74. The Morgan fingerprint density at radius 1 is 1.04 bits per heavy atom. The monoisotopic (exact) mass is 328 g/mol. The van der Waals surface area contributed by atoms with Crippen molar-refractivity contribution in [3.8, 4) is 0 Å². The molecule has 0 spiro atoms. The molecule has 0 bridgehead atoms. The Hall–Kier alpha value is -2.40. The first-order valence-electron chi connectivity index (χ1n) is 7.20. The Bertz CT molecular complexity index is 722. The van der Waals surface area contributed by atoms with Gasteiger partial charge in [-0.2, -0.15) is 0 Å². The molecule has 1 N–H and O–H groups in total. The maximum absolute atomic E-state index is 12.7. The van der Waals surface area contributed by atoms with Crippen LogP contribution in [-0.4, -0.2) is 29.1 Å². The minimum absolute atomic E-state index is 0.210. The number of rotatable bonds is 5. The fourth-order valence-corrected chi connectivity index (χ4v) is 3.11. The van der Waals surface area contributed by atoms with Crippen molar-refractivity contribution in [1.29, 1.82) is 0 Å². The third-order valence-corrected chi connectivity index (χ3v) is 4.46. The number of amides is 1. The molecule has 1 amide bonds. The van der Waals surface area contributed by atoms with Gasteiger partial charge in [0.25, 0.3) is 5.91 Å². The highest BCUT2D eigenvalue weighted by molar-refractivity contribution is 7.90. The third kappa shape index (κ3) is 4.79. The van der Waals surface area contributed by atoms with E-state index in [1.54, 1.807) is 49.5 Å². The normalized spacial score (nSPS) is 12.6. The zero-order chi connectivity index (χ0) is 16.8. The number of nitrogens with one attached hydrogen (secondary N) is 1. The predicted octanol–water partition coefficient (Wildman–Crippen LogP) is 3.14. The Morgan fingerprint density at radius 3 is 2.22 bits per heavy atom. The second-order valence-electron chi connectivity index (χ2n) is 5.36. The number of nitrogens with zero attached hydrogens (tertiary/aromatic N) is 1. The topological polar surface area (TPSA) is 49.4 Å². The lowest BCUT2D eigenvalue weighted by Gasteiger charge is -2.12. The Morgan fingerprint density at radius 2 is 1.65 bits per heavy atom. The molecular weight excluding hydrogens is 308 g/mol. The molecule has 0 saturated heterocycles. The van der Waals surface area contributed by atoms with E-state index in [0.717, 1.165) is 5.56 Å². The quantitative estimate of drug-likeness (QED) is 0.858. The van der Waals surface area contributed by atoms with Crippen molar-refractivity contribution in [2.75, 3.05) is 19.4 Å². The number of carbonyl (C=O) groups excluding carboxylic acids is 1. The van der Waals surface area contributed by atoms with Crippen molar-refractivity contribution in [2.24, 2.45) is 0 Å². The highest BCUT2D eigenvalue weighted by Gasteiger charge is 2.19. The van der Waals surface area contributed by atoms with Gasteiger partial charge >= 0.3 is 0 Å². The molecule has 4 nitrogen and oxygen atoms in total. The molecule has 1 atom stereocenters. The fourth-order valence-electron chi connectivity index (χ4n) is 1.93. The largest absolute Gasteiger partial charge is 0.382 e. The standard InChI is InChI=1S/C18H20N2O2S/c1-14-9-11-15(12-10-14)19-18(21)17(13-20(2)3)23(22)16-7-5-4-6-8-16/h4-13H,1-3H3,(H,19,21)/b17-13+. The Kier molecular flexibility index (Phi) is 5.71. The van der Waals surface area contributed by atoms with E-state index >= 15 is 0 Å². The van der Waals surface area contributed by atoms with Crippen molar-refractivity contribution in [2.45, 2.75) is 11.8 Å². The van der Waals surface area contributed by atoms with E-state index < -0.39 is 10.8 Å². The minimum atomic E-state index is -1.54. The molecule has 120 valence electrons. The SMILES string of the molecule is Cc1ccc(NC(=O)/C(=C\N(C)C)S(=O)c2ccccc2)cc1. The van der Waals surface area contributed by atoms with Crippen molar-refractivity contribution in [3.63, 3.8) is 0 Å². The van der Waals surface area contributed by atoms with Crippen LogP contribution in [0.3, 0.4) is 0 Å². The first-order valence-corrected chi connectivity index (χ1v) is 8.35. The lowest BCUT2D eigenvalue weighted by atomic mass is 10.2. The Balaban J connectivity index is 2.26. The molecule has 0 aromatic heterocycles. The van der Waals surface area contributed by atoms with Crippen LogP contribution < -0.4 is 5.32 Å². The number of hydrogen-bond donors (Lipinski definition) is 1. The summed E-state index contributed by atoms with van der Waals surface area (Å²) in [6.45, 7) is 1.98. The Labute approximate surface area is 139 Å². The van der Waals surface area contributed by atoms with Crippen LogP contribution >= 0.6 is 0 Å². The summed E-state index contributed by atoms with van der Waals surface area (Å²) in [7, 11) is 2.04. The van der Waals surface area contributed by atoms with E-state index in [1.165, 1.54) is 0 Å². The van der Waals surface area contributed by atoms with Gasteiger partial charge in [-0.15, -0.1) is 0 Å². The van der Waals surface area contributed by atoms with Gasteiger partial charge in [-0.3, -0.25) is 4.79 Å². The summed E-state index contributed by atoms with van der Waals surface area (Å²) in [5.74, 6) is -0.371. The molecule has 0 aliphatic rings. The van der Waals surface area contributed by atoms with Gasteiger partial charge in [0.15, 0.2) is 0 Å².